The van der Waals surface area contributed by atoms with Crippen molar-refractivity contribution >= 4 is 17.4 Å². The van der Waals surface area contributed by atoms with Crippen molar-refractivity contribution in [3.05, 3.63) is 35.0 Å². The van der Waals surface area contributed by atoms with Crippen molar-refractivity contribution in [2.24, 2.45) is 0 Å². The first-order valence-electron chi connectivity index (χ1n) is 7.02. The maximum Gasteiger partial charge on any atom is 0.163 e. The Kier molecular flexibility index (Phi) is 4.22. The highest BCUT2D eigenvalue weighted by atomic mass is 35.5. The summed E-state index contributed by atoms with van der Waals surface area (Å²) in [4.78, 5) is 6.35. The lowest BCUT2D eigenvalue weighted by atomic mass is 10.2. The van der Waals surface area contributed by atoms with Crippen LogP contribution in [-0.4, -0.2) is 39.4 Å². The molecule has 1 saturated heterocycles. The molecule has 1 aliphatic heterocycles. The normalized spacial score (nSPS) is 18.2. The molecule has 7 nitrogen and oxygen atoms in total. The first-order valence-corrected chi connectivity index (χ1v) is 7.40. The lowest BCUT2D eigenvalue weighted by molar-refractivity contribution is 0.0314. The van der Waals surface area contributed by atoms with Gasteiger partial charge in [0.05, 0.1) is 23.7 Å². The number of anilines is 1. The molecule has 1 fully saturated rings. The van der Waals surface area contributed by atoms with Gasteiger partial charge in [0, 0.05) is 19.3 Å². The van der Waals surface area contributed by atoms with E-state index in [-0.39, 0.29) is 6.10 Å². The lowest BCUT2D eigenvalue weighted by Gasteiger charge is -2.33. The summed E-state index contributed by atoms with van der Waals surface area (Å²) in [6.45, 7) is 4.66. The second-order valence-corrected chi connectivity index (χ2v) is 5.33. The van der Waals surface area contributed by atoms with Crippen molar-refractivity contribution in [3.63, 3.8) is 0 Å². The SMILES string of the molecule is CCn1cnnc1[C@H]1CN(c2ncc(C#N)cc2Cl)CCO1. The molecule has 2 aromatic rings. The first kappa shape index (κ1) is 14.8. The number of rotatable bonds is 3. The monoisotopic (exact) mass is 318 g/mol. The van der Waals surface area contributed by atoms with Gasteiger partial charge in [0.15, 0.2) is 5.82 Å². The number of nitrogens with zero attached hydrogens (tertiary/aromatic N) is 6. The van der Waals surface area contributed by atoms with Crippen LogP contribution in [0.5, 0.6) is 0 Å². The number of ether oxygens (including phenoxy) is 1. The third-order valence-corrected chi connectivity index (χ3v) is 3.87. The number of pyridine rings is 1. The molecule has 0 saturated carbocycles. The molecular weight excluding hydrogens is 304 g/mol. The van der Waals surface area contributed by atoms with Gasteiger partial charge in [0.1, 0.15) is 24.3 Å². The van der Waals surface area contributed by atoms with Crippen molar-refractivity contribution in [1.29, 1.82) is 5.26 Å². The molecule has 0 amide bonds. The van der Waals surface area contributed by atoms with Crippen molar-refractivity contribution in [3.8, 4) is 6.07 Å². The Labute approximate surface area is 133 Å². The van der Waals surface area contributed by atoms with E-state index >= 15 is 0 Å². The Bertz CT molecular complexity index is 710. The van der Waals surface area contributed by atoms with E-state index in [0.29, 0.717) is 36.1 Å². The summed E-state index contributed by atoms with van der Waals surface area (Å²) in [5.41, 5.74) is 0.448. The molecule has 3 heterocycles. The molecule has 114 valence electrons. The Balaban J connectivity index is 1.83. The maximum atomic E-state index is 8.89. The number of halogens is 1. The van der Waals surface area contributed by atoms with Gasteiger partial charge in [-0.25, -0.2) is 4.98 Å². The molecule has 22 heavy (non-hydrogen) atoms. The molecule has 0 aromatic carbocycles. The van der Waals surface area contributed by atoms with E-state index in [9.17, 15) is 0 Å². The van der Waals surface area contributed by atoms with Crippen LogP contribution in [0.25, 0.3) is 0 Å². The number of hydrogen-bond acceptors (Lipinski definition) is 6. The Morgan fingerprint density at radius 1 is 1.55 bits per heavy atom. The molecule has 0 aliphatic carbocycles. The molecule has 8 heteroatoms. The summed E-state index contributed by atoms with van der Waals surface area (Å²) in [6.07, 6.45) is 3.05. The lowest BCUT2D eigenvalue weighted by Crippen LogP contribution is -2.40. The second kappa shape index (κ2) is 6.30. The zero-order valence-corrected chi connectivity index (χ0v) is 12.9. The van der Waals surface area contributed by atoms with E-state index in [2.05, 4.69) is 15.2 Å². The molecule has 0 spiro atoms. The predicted molar refractivity (Wildman–Crippen MR) is 80.6 cm³/mol. The van der Waals surface area contributed by atoms with Gasteiger partial charge >= 0.3 is 0 Å². The van der Waals surface area contributed by atoms with Gasteiger partial charge < -0.3 is 14.2 Å². The Morgan fingerprint density at radius 3 is 3.14 bits per heavy atom. The van der Waals surface area contributed by atoms with Gasteiger partial charge in [-0.2, -0.15) is 5.26 Å². The molecule has 0 radical (unpaired) electrons. The second-order valence-electron chi connectivity index (χ2n) is 4.92. The van der Waals surface area contributed by atoms with Gasteiger partial charge in [-0.15, -0.1) is 10.2 Å². The van der Waals surface area contributed by atoms with Gasteiger partial charge in [-0.3, -0.25) is 0 Å². The van der Waals surface area contributed by atoms with Crippen LogP contribution >= 0.6 is 11.6 Å². The van der Waals surface area contributed by atoms with Crippen LogP contribution < -0.4 is 4.90 Å². The van der Waals surface area contributed by atoms with E-state index in [0.717, 1.165) is 12.4 Å². The van der Waals surface area contributed by atoms with Crippen LogP contribution in [0.1, 0.15) is 24.4 Å². The summed E-state index contributed by atoms with van der Waals surface area (Å²) < 4.78 is 7.77. The average Bonchev–Trinajstić information content (AvgIpc) is 3.03. The minimum absolute atomic E-state index is 0.176. The van der Waals surface area contributed by atoms with Crippen LogP contribution in [-0.2, 0) is 11.3 Å². The maximum absolute atomic E-state index is 8.89. The predicted octanol–water partition coefficient (Wildman–Crippen LogP) is 1.80. The fourth-order valence-corrected chi connectivity index (χ4v) is 2.77. The van der Waals surface area contributed by atoms with E-state index in [4.69, 9.17) is 21.6 Å². The van der Waals surface area contributed by atoms with Crippen molar-refractivity contribution in [2.75, 3.05) is 24.6 Å². The van der Waals surface area contributed by atoms with Crippen LogP contribution in [0.15, 0.2) is 18.6 Å². The van der Waals surface area contributed by atoms with Crippen LogP contribution in [0.4, 0.5) is 5.82 Å². The average molecular weight is 319 g/mol. The Hall–Kier alpha value is -2.17. The quantitative estimate of drug-likeness (QED) is 0.858. The fourth-order valence-electron chi connectivity index (χ4n) is 2.48. The van der Waals surface area contributed by atoms with Crippen LogP contribution in [0, 0.1) is 11.3 Å². The summed E-state index contributed by atoms with van der Waals surface area (Å²) in [5, 5.41) is 17.5. The highest BCUT2D eigenvalue weighted by Crippen LogP contribution is 2.29. The molecule has 0 bridgehead atoms. The molecule has 0 N–H and O–H groups in total. The van der Waals surface area contributed by atoms with E-state index in [1.165, 1.54) is 6.20 Å². The summed E-state index contributed by atoms with van der Waals surface area (Å²) in [6, 6.07) is 3.66. The minimum atomic E-state index is -0.176. The minimum Gasteiger partial charge on any atom is -0.366 e. The summed E-state index contributed by atoms with van der Waals surface area (Å²) >= 11 is 6.24. The number of nitriles is 1. The van der Waals surface area contributed by atoms with Crippen LogP contribution in [0.2, 0.25) is 5.02 Å². The third-order valence-electron chi connectivity index (χ3n) is 3.59. The van der Waals surface area contributed by atoms with Gasteiger partial charge in [0.25, 0.3) is 0 Å². The number of aromatic nitrogens is 4. The van der Waals surface area contributed by atoms with Crippen molar-refractivity contribution in [2.45, 2.75) is 19.6 Å². The standard InChI is InChI=1S/C14H15ClN6O/c1-2-20-9-18-19-14(20)12-8-21(3-4-22-12)13-11(15)5-10(6-16)7-17-13/h5,7,9,12H,2-4,8H2,1H3/t12-/m1/s1. The largest absolute Gasteiger partial charge is 0.366 e. The molecular formula is C14H15ClN6O. The highest BCUT2D eigenvalue weighted by molar-refractivity contribution is 6.33. The zero-order valence-electron chi connectivity index (χ0n) is 12.1. The molecule has 2 aromatic heterocycles. The summed E-state index contributed by atoms with van der Waals surface area (Å²) in [7, 11) is 0. The number of aryl methyl sites for hydroxylation is 1. The zero-order chi connectivity index (χ0) is 15.5. The van der Waals surface area contributed by atoms with Crippen LogP contribution in [0.3, 0.4) is 0 Å². The molecule has 0 unspecified atom stereocenters. The third kappa shape index (κ3) is 2.75. The van der Waals surface area contributed by atoms with E-state index in [1.807, 2.05) is 22.5 Å². The van der Waals surface area contributed by atoms with Gasteiger partial charge in [-0.1, -0.05) is 11.6 Å². The topological polar surface area (TPSA) is 79.9 Å². The van der Waals surface area contributed by atoms with Crippen molar-refractivity contribution in [1.82, 2.24) is 19.7 Å². The van der Waals surface area contributed by atoms with Crippen molar-refractivity contribution < 1.29 is 4.74 Å². The number of hydrogen-bond donors (Lipinski definition) is 0. The fraction of sp³-hybridized carbons (Fsp3) is 0.429. The highest BCUT2D eigenvalue weighted by Gasteiger charge is 2.27. The number of morpholine rings is 1. The molecule has 1 aliphatic rings. The van der Waals surface area contributed by atoms with Gasteiger partial charge in [0.2, 0.25) is 0 Å². The van der Waals surface area contributed by atoms with E-state index < -0.39 is 0 Å². The molecule has 3 rings (SSSR count). The Morgan fingerprint density at radius 2 is 2.41 bits per heavy atom. The molecule has 1 atom stereocenters. The summed E-state index contributed by atoms with van der Waals surface area (Å²) in [5.74, 6) is 1.47. The smallest absolute Gasteiger partial charge is 0.163 e. The van der Waals surface area contributed by atoms with Gasteiger partial charge in [-0.05, 0) is 13.0 Å². The first-order chi connectivity index (χ1) is 10.7. The van der Waals surface area contributed by atoms with E-state index in [1.54, 1.807) is 12.4 Å².